The van der Waals surface area contributed by atoms with Crippen LogP contribution in [0.5, 0.6) is 0 Å². The molecule has 0 bridgehead atoms. The summed E-state index contributed by atoms with van der Waals surface area (Å²) >= 11 is 0. The Bertz CT molecular complexity index is 611. The molecular formula is C15H18FN5. The van der Waals surface area contributed by atoms with E-state index in [4.69, 9.17) is 5.84 Å². The van der Waals surface area contributed by atoms with Gasteiger partial charge in [0, 0.05) is 19.2 Å². The van der Waals surface area contributed by atoms with Gasteiger partial charge in [-0.15, -0.1) is 0 Å². The molecule has 3 rings (SSSR count). The first kappa shape index (κ1) is 13.8. The van der Waals surface area contributed by atoms with Gasteiger partial charge in [0.15, 0.2) is 0 Å². The second-order valence-corrected chi connectivity index (χ2v) is 5.19. The molecule has 1 aliphatic heterocycles. The van der Waals surface area contributed by atoms with E-state index in [9.17, 15) is 4.39 Å². The van der Waals surface area contributed by atoms with E-state index in [1.54, 1.807) is 6.07 Å². The van der Waals surface area contributed by atoms with Crippen LogP contribution in [0.4, 0.5) is 16.0 Å². The highest BCUT2D eigenvalue weighted by Gasteiger charge is 2.23. The molecular weight excluding hydrogens is 269 g/mol. The molecule has 0 unspecified atom stereocenters. The maximum absolute atomic E-state index is 13.8. The van der Waals surface area contributed by atoms with E-state index in [0.717, 1.165) is 37.3 Å². The van der Waals surface area contributed by atoms with E-state index in [0.29, 0.717) is 5.82 Å². The van der Waals surface area contributed by atoms with Gasteiger partial charge in [-0.3, -0.25) is 0 Å². The Labute approximate surface area is 123 Å². The number of halogens is 1. The third kappa shape index (κ3) is 2.95. The normalized spacial score (nSPS) is 16.0. The van der Waals surface area contributed by atoms with Crippen molar-refractivity contribution in [1.82, 2.24) is 9.97 Å². The summed E-state index contributed by atoms with van der Waals surface area (Å²) in [5.41, 5.74) is 3.34. The number of nitrogens with two attached hydrogens (primary N) is 1. The number of nitrogens with zero attached hydrogens (tertiary/aromatic N) is 3. The Morgan fingerprint density at radius 3 is 2.67 bits per heavy atom. The van der Waals surface area contributed by atoms with Crippen molar-refractivity contribution in [3.8, 4) is 0 Å². The largest absolute Gasteiger partial charge is 0.356 e. The second kappa shape index (κ2) is 6.05. The lowest BCUT2D eigenvalue weighted by Gasteiger charge is -2.33. The van der Waals surface area contributed by atoms with Crippen LogP contribution in [0.15, 0.2) is 36.7 Å². The monoisotopic (exact) mass is 287 g/mol. The van der Waals surface area contributed by atoms with Crippen molar-refractivity contribution in [1.29, 1.82) is 0 Å². The third-order valence-electron chi connectivity index (χ3n) is 3.96. The first-order valence-corrected chi connectivity index (χ1v) is 7.06. The molecule has 1 aliphatic rings. The number of piperidine rings is 1. The van der Waals surface area contributed by atoms with Gasteiger partial charge in [-0.05, 0) is 30.4 Å². The van der Waals surface area contributed by atoms with Crippen LogP contribution in [-0.2, 0) is 0 Å². The average molecular weight is 287 g/mol. The molecule has 1 aromatic carbocycles. The van der Waals surface area contributed by atoms with E-state index in [1.807, 2.05) is 18.2 Å². The van der Waals surface area contributed by atoms with Crippen LogP contribution in [0.25, 0.3) is 0 Å². The number of nitrogen functional groups attached to an aromatic ring is 1. The Balaban J connectivity index is 1.69. The summed E-state index contributed by atoms with van der Waals surface area (Å²) in [4.78, 5) is 10.5. The van der Waals surface area contributed by atoms with Gasteiger partial charge in [0.2, 0.25) is 0 Å². The van der Waals surface area contributed by atoms with Gasteiger partial charge in [0.05, 0.1) is 0 Å². The SMILES string of the molecule is NNc1cc(N2CCC(c3ccccc3F)CC2)ncn1. The van der Waals surface area contributed by atoms with E-state index in [2.05, 4.69) is 20.3 Å². The van der Waals surface area contributed by atoms with Crippen molar-refractivity contribution >= 4 is 11.6 Å². The minimum absolute atomic E-state index is 0.104. The van der Waals surface area contributed by atoms with Crippen molar-refractivity contribution in [3.63, 3.8) is 0 Å². The zero-order chi connectivity index (χ0) is 14.7. The summed E-state index contributed by atoms with van der Waals surface area (Å²) in [5.74, 6) is 6.98. The summed E-state index contributed by atoms with van der Waals surface area (Å²) in [6.45, 7) is 1.69. The molecule has 0 saturated carbocycles. The molecule has 1 aromatic heterocycles. The molecule has 1 fully saturated rings. The molecule has 0 amide bonds. The summed E-state index contributed by atoms with van der Waals surface area (Å²) < 4.78 is 13.8. The molecule has 2 aromatic rings. The minimum atomic E-state index is -0.104. The van der Waals surface area contributed by atoms with Crippen molar-refractivity contribution in [2.75, 3.05) is 23.4 Å². The van der Waals surface area contributed by atoms with Crippen molar-refractivity contribution in [2.24, 2.45) is 5.84 Å². The lowest BCUT2D eigenvalue weighted by molar-refractivity contribution is 0.480. The first-order chi connectivity index (χ1) is 10.3. The molecule has 2 heterocycles. The third-order valence-corrected chi connectivity index (χ3v) is 3.96. The second-order valence-electron chi connectivity index (χ2n) is 5.19. The van der Waals surface area contributed by atoms with Crippen LogP contribution in [0.1, 0.15) is 24.3 Å². The number of benzene rings is 1. The topological polar surface area (TPSA) is 67.1 Å². The molecule has 6 heteroatoms. The number of hydrazine groups is 1. The fourth-order valence-corrected chi connectivity index (χ4v) is 2.82. The van der Waals surface area contributed by atoms with Crippen molar-refractivity contribution in [2.45, 2.75) is 18.8 Å². The smallest absolute Gasteiger partial charge is 0.145 e. The standard InChI is InChI=1S/C15H18FN5/c16-13-4-2-1-3-12(13)11-5-7-21(8-6-11)15-9-14(20-17)18-10-19-15/h1-4,9-11H,5-8,17H2,(H,18,19,20). The van der Waals surface area contributed by atoms with Crippen LogP contribution in [0, 0.1) is 5.82 Å². The Kier molecular flexibility index (Phi) is 3.96. The molecule has 110 valence electrons. The maximum Gasteiger partial charge on any atom is 0.145 e. The molecule has 21 heavy (non-hydrogen) atoms. The van der Waals surface area contributed by atoms with Gasteiger partial charge in [-0.2, -0.15) is 0 Å². The number of rotatable bonds is 3. The quantitative estimate of drug-likeness (QED) is 0.669. The minimum Gasteiger partial charge on any atom is -0.356 e. The van der Waals surface area contributed by atoms with E-state index < -0.39 is 0 Å². The van der Waals surface area contributed by atoms with Gasteiger partial charge >= 0.3 is 0 Å². The zero-order valence-electron chi connectivity index (χ0n) is 11.7. The fourth-order valence-electron chi connectivity index (χ4n) is 2.82. The molecule has 1 saturated heterocycles. The van der Waals surface area contributed by atoms with E-state index >= 15 is 0 Å². The van der Waals surface area contributed by atoms with Gasteiger partial charge in [-0.25, -0.2) is 20.2 Å². The molecule has 0 atom stereocenters. The number of nitrogens with one attached hydrogen (secondary N) is 1. The van der Waals surface area contributed by atoms with Gasteiger partial charge in [0.1, 0.15) is 23.8 Å². The fraction of sp³-hybridized carbons (Fsp3) is 0.333. The number of hydrogen-bond donors (Lipinski definition) is 2. The summed E-state index contributed by atoms with van der Waals surface area (Å²) in [5, 5.41) is 0. The van der Waals surface area contributed by atoms with Crippen LogP contribution in [0.2, 0.25) is 0 Å². The van der Waals surface area contributed by atoms with Gasteiger partial charge in [-0.1, -0.05) is 18.2 Å². The maximum atomic E-state index is 13.8. The highest BCUT2D eigenvalue weighted by molar-refractivity contribution is 5.48. The van der Waals surface area contributed by atoms with Crippen LogP contribution >= 0.6 is 0 Å². The summed E-state index contributed by atoms with van der Waals surface area (Å²) in [6.07, 6.45) is 3.32. The summed E-state index contributed by atoms with van der Waals surface area (Å²) in [7, 11) is 0. The highest BCUT2D eigenvalue weighted by atomic mass is 19.1. The molecule has 3 N–H and O–H groups in total. The lowest BCUT2D eigenvalue weighted by Crippen LogP contribution is -2.33. The summed E-state index contributed by atoms with van der Waals surface area (Å²) in [6, 6.07) is 8.87. The van der Waals surface area contributed by atoms with Crippen molar-refractivity contribution in [3.05, 3.63) is 48.0 Å². The molecule has 0 aliphatic carbocycles. The van der Waals surface area contributed by atoms with E-state index in [-0.39, 0.29) is 11.7 Å². The Morgan fingerprint density at radius 2 is 1.95 bits per heavy atom. The average Bonchev–Trinajstić information content (AvgIpc) is 2.56. The van der Waals surface area contributed by atoms with Crippen LogP contribution < -0.4 is 16.2 Å². The molecule has 0 radical (unpaired) electrons. The Morgan fingerprint density at radius 1 is 1.19 bits per heavy atom. The lowest BCUT2D eigenvalue weighted by atomic mass is 9.89. The van der Waals surface area contributed by atoms with Crippen LogP contribution in [-0.4, -0.2) is 23.1 Å². The van der Waals surface area contributed by atoms with E-state index in [1.165, 1.54) is 12.4 Å². The predicted octanol–water partition coefficient (Wildman–Crippen LogP) is 2.29. The van der Waals surface area contributed by atoms with Crippen molar-refractivity contribution < 1.29 is 4.39 Å². The predicted molar refractivity (Wildman–Crippen MR) is 80.4 cm³/mol. The molecule has 5 nitrogen and oxygen atoms in total. The zero-order valence-corrected chi connectivity index (χ0v) is 11.7. The van der Waals surface area contributed by atoms with Crippen LogP contribution in [0.3, 0.4) is 0 Å². The Hall–Kier alpha value is -2.21. The van der Waals surface area contributed by atoms with Gasteiger partial charge in [0.25, 0.3) is 0 Å². The number of aromatic nitrogens is 2. The molecule has 0 spiro atoms. The van der Waals surface area contributed by atoms with Gasteiger partial charge < -0.3 is 10.3 Å². The highest BCUT2D eigenvalue weighted by Crippen LogP contribution is 2.31. The number of hydrogen-bond acceptors (Lipinski definition) is 5. The number of anilines is 2. The first-order valence-electron chi connectivity index (χ1n) is 7.06.